The minimum Gasteiger partial charge on any atom is -0.493 e. The molecule has 0 aromatic heterocycles. The summed E-state index contributed by atoms with van der Waals surface area (Å²) in [4.78, 5) is 11.4. The van der Waals surface area contributed by atoms with E-state index >= 15 is 0 Å². The predicted molar refractivity (Wildman–Crippen MR) is 64.3 cm³/mol. The minimum absolute atomic E-state index is 0.358. The smallest absolute Gasteiger partial charge is 0.313 e. The molecule has 1 aliphatic rings. The van der Waals surface area contributed by atoms with Gasteiger partial charge in [0.1, 0.15) is 5.75 Å². The number of hydrogen-bond acceptors (Lipinski definition) is 3. The van der Waals surface area contributed by atoms with Crippen LogP contribution in [0.4, 0.5) is 0 Å². The fourth-order valence-corrected chi connectivity index (χ4v) is 2.19. The molecule has 1 aromatic carbocycles. The normalized spacial score (nSPS) is 17.1. The molecule has 92 valence electrons. The van der Waals surface area contributed by atoms with Crippen molar-refractivity contribution in [2.24, 2.45) is 5.73 Å². The van der Waals surface area contributed by atoms with Crippen molar-refractivity contribution in [1.82, 2.24) is 0 Å². The van der Waals surface area contributed by atoms with Crippen molar-refractivity contribution < 1.29 is 14.6 Å². The molecule has 0 saturated carbocycles. The standard InChI is InChI=1S/C13H17NO3/c1-13(5-6-14,12(15)16)10-2-3-11-9(8-10)4-7-17-11/h2-3,8H,4-7,14H2,1H3,(H,15,16). The number of hydrogen-bond donors (Lipinski definition) is 2. The largest absolute Gasteiger partial charge is 0.493 e. The molecular weight excluding hydrogens is 218 g/mol. The van der Waals surface area contributed by atoms with Crippen LogP contribution in [0.15, 0.2) is 18.2 Å². The highest BCUT2D eigenvalue weighted by molar-refractivity contribution is 5.81. The third kappa shape index (κ3) is 2.00. The van der Waals surface area contributed by atoms with Crippen LogP contribution in [-0.4, -0.2) is 24.2 Å². The Bertz CT molecular complexity index is 444. The van der Waals surface area contributed by atoms with E-state index < -0.39 is 11.4 Å². The van der Waals surface area contributed by atoms with Crippen molar-refractivity contribution in [1.29, 1.82) is 0 Å². The van der Waals surface area contributed by atoms with Crippen LogP contribution >= 0.6 is 0 Å². The van der Waals surface area contributed by atoms with Gasteiger partial charge >= 0.3 is 5.97 Å². The highest BCUT2D eigenvalue weighted by Crippen LogP contribution is 2.33. The van der Waals surface area contributed by atoms with E-state index in [4.69, 9.17) is 10.5 Å². The van der Waals surface area contributed by atoms with Crippen LogP contribution in [0.5, 0.6) is 5.75 Å². The van der Waals surface area contributed by atoms with Crippen molar-refractivity contribution in [2.75, 3.05) is 13.2 Å². The first-order valence-corrected chi connectivity index (χ1v) is 5.77. The molecule has 0 radical (unpaired) electrons. The molecule has 4 nitrogen and oxygen atoms in total. The van der Waals surface area contributed by atoms with Crippen LogP contribution in [0.25, 0.3) is 0 Å². The number of rotatable bonds is 4. The molecule has 2 rings (SSSR count). The van der Waals surface area contributed by atoms with Crippen LogP contribution in [-0.2, 0) is 16.6 Å². The fourth-order valence-electron chi connectivity index (χ4n) is 2.19. The van der Waals surface area contributed by atoms with Gasteiger partial charge in [-0.25, -0.2) is 0 Å². The average Bonchev–Trinajstić information content (AvgIpc) is 2.75. The van der Waals surface area contributed by atoms with E-state index in [9.17, 15) is 9.90 Å². The van der Waals surface area contributed by atoms with Gasteiger partial charge < -0.3 is 15.6 Å². The summed E-state index contributed by atoms with van der Waals surface area (Å²) >= 11 is 0. The number of ether oxygens (including phenoxy) is 1. The van der Waals surface area contributed by atoms with Crippen LogP contribution in [0.2, 0.25) is 0 Å². The quantitative estimate of drug-likeness (QED) is 0.825. The van der Waals surface area contributed by atoms with E-state index in [1.165, 1.54) is 0 Å². The highest BCUT2D eigenvalue weighted by Gasteiger charge is 2.35. The summed E-state index contributed by atoms with van der Waals surface area (Å²) < 4.78 is 5.41. The molecule has 1 aromatic rings. The molecule has 0 spiro atoms. The van der Waals surface area contributed by atoms with Gasteiger partial charge in [0.2, 0.25) is 0 Å². The summed E-state index contributed by atoms with van der Waals surface area (Å²) in [5, 5.41) is 9.38. The van der Waals surface area contributed by atoms with Crippen LogP contribution in [0.3, 0.4) is 0 Å². The van der Waals surface area contributed by atoms with Crippen LogP contribution < -0.4 is 10.5 Å². The predicted octanol–water partition coefficient (Wildman–Crippen LogP) is 1.31. The fraction of sp³-hybridized carbons (Fsp3) is 0.462. The summed E-state index contributed by atoms with van der Waals surface area (Å²) in [6.07, 6.45) is 1.28. The molecule has 0 bridgehead atoms. The molecule has 1 aliphatic heterocycles. The van der Waals surface area contributed by atoms with Crippen molar-refractivity contribution in [3.63, 3.8) is 0 Å². The third-order valence-corrected chi connectivity index (χ3v) is 3.44. The second-order valence-electron chi connectivity index (χ2n) is 4.60. The van der Waals surface area contributed by atoms with Gasteiger partial charge in [-0.15, -0.1) is 0 Å². The van der Waals surface area contributed by atoms with E-state index in [2.05, 4.69) is 0 Å². The molecule has 17 heavy (non-hydrogen) atoms. The molecule has 0 saturated heterocycles. The van der Waals surface area contributed by atoms with E-state index in [1.807, 2.05) is 18.2 Å². The lowest BCUT2D eigenvalue weighted by molar-refractivity contribution is -0.143. The Kier molecular flexibility index (Phi) is 3.07. The number of fused-ring (bicyclic) bond motifs is 1. The van der Waals surface area contributed by atoms with E-state index in [0.29, 0.717) is 19.6 Å². The Hall–Kier alpha value is -1.55. The van der Waals surface area contributed by atoms with E-state index in [0.717, 1.165) is 23.3 Å². The first-order chi connectivity index (χ1) is 8.08. The van der Waals surface area contributed by atoms with Gasteiger partial charge in [0, 0.05) is 6.42 Å². The van der Waals surface area contributed by atoms with E-state index in [-0.39, 0.29) is 0 Å². The summed E-state index contributed by atoms with van der Waals surface area (Å²) in [7, 11) is 0. The lowest BCUT2D eigenvalue weighted by atomic mass is 9.79. The molecule has 3 N–H and O–H groups in total. The van der Waals surface area contributed by atoms with Gasteiger partial charge in [0.15, 0.2) is 0 Å². The molecule has 0 aliphatic carbocycles. The third-order valence-electron chi connectivity index (χ3n) is 3.44. The summed E-state index contributed by atoms with van der Waals surface area (Å²) in [5.41, 5.74) is 6.50. The maximum absolute atomic E-state index is 11.4. The Balaban J connectivity index is 2.40. The van der Waals surface area contributed by atoms with Crippen molar-refractivity contribution in [3.05, 3.63) is 29.3 Å². The molecular formula is C13H17NO3. The van der Waals surface area contributed by atoms with Crippen molar-refractivity contribution in [3.8, 4) is 5.75 Å². The Labute approximate surface area is 100 Å². The van der Waals surface area contributed by atoms with Gasteiger partial charge in [-0.3, -0.25) is 4.79 Å². The second kappa shape index (κ2) is 4.37. The first kappa shape index (κ1) is 11.9. The Morgan fingerprint density at radius 1 is 1.59 bits per heavy atom. The van der Waals surface area contributed by atoms with Crippen LogP contribution in [0, 0.1) is 0 Å². The second-order valence-corrected chi connectivity index (χ2v) is 4.60. The molecule has 0 amide bonds. The zero-order valence-corrected chi connectivity index (χ0v) is 9.90. The maximum atomic E-state index is 11.4. The topological polar surface area (TPSA) is 72.6 Å². The number of carboxylic acid groups (broad SMARTS) is 1. The molecule has 4 heteroatoms. The minimum atomic E-state index is -0.910. The highest BCUT2D eigenvalue weighted by atomic mass is 16.5. The van der Waals surface area contributed by atoms with Gasteiger partial charge in [-0.1, -0.05) is 12.1 Å². The van der Waals surface area contributed by atoms with Crippen molar-refractivity contribution in [2.45, 2.75) is 25.2 Å². The van der Waals surface area contributed by atoms with E-state index in [1.54, 1.807) is 6.92 Å². The summed E-state index contributed by atoms with van der Waals surface area (Å²) in [6.45, 7) is 2.76. The van der Waals surface area contributed by atoms with Gasteiger partial charge in [-0.05, 0) is 37.1 Å². The number of aliphatic carboxylic acids is 1. The zero-order valence-electron chi connectivity index (χ0n) is 9.90. The molecule has 1 heterocycles. The Morgan fingerprint density at radius 2 is 2.35 bits per heavy atom. The first-order valence-electron chi connectivity index (χ1n) is 5.77. The molecule has 0 fully saturated rings. The summed E-state index contributed by atoms with van der Waals surface area (Å²) in [6, 6.07) is 5.62. The lowest BCUT2D eigenvalue weighted by Crippen LogP contribution is -2.34. The van der Waals surface area contributed by atoms with Crippen molar-refractivity contribution >= 4 is 5.97 Å². The van der Waals surface area contributed by atoms with Gasteiger partial charge in [-0.2, -0.15) is 0 Å². The average molecular weight is 235 g/mol. The number of carbonyl (C=O) groups is 1. The van der Waals surface area contributed by atoms with Crippen LogP contribution in [0.1, 0.15) is 24.5 Å². The SMILES string of the molecule is CC(CCN)(C(=O)O)c1ccc2c(c1)CCO2. The van der Waals surface area contributed by atoms with Gasteiger partial charge in [0.25, 0.3) is 0 Å². The zero-order chi connectivity index (χ0) is 12.5. The Morgan fingerprint density at radius 3 is 3.00 bits per heavy atom. The summed E-state index contributed by atoms with van der Waals surface area (Å²) in [5.74, 6) is 0.0380. The number of carboxylic acids is 1. The lowest BCUT2D eigenvalue weighted by Gasteiger charge is -2.25. The monoisotopic (exact) mass is 235 g/mol. The maximum Gasteiger partial charge on any atom is 0.313 e. The molecule has 1 unspecified atom stereocenters. The number of nitrogens with two attached hydrogens (primary N) is 1. The number of benzene rings is 1. The van der Waals surface area contributed by atoms with Gasteiger partial charge in [0.05, 0.1) is 12.0 Å². The molecule has 1 atom stereocenters.